The first-order valence-electron chi connectivity index (χ1n) is 6.85. The number of benzene rings is 1. The Kier molecular flexibility index (Phi) is 5.48. The molecule has 0 aliphatic heterocycles. The minimum Gasteiger partial charge on any atom is -0.468 e. The summed E-state index contributed by atoms with van der Waals surface area (Å²) >= 11 is 11.9. The first-order valence-corrected chi connectivity index (χ1v) is 7.60. The molecule has 0 aromatic heterocycles. The lowest BCUT2D eigenvalue weighted by Crippen LogP contribution is -2.42. The van der Waals surface area contributed by atoms with Gasteiger partial charge in [0.15, 0.2) is 0 Å². The number of esters is 1. The highest BCUT2D eigenvalue weighted by Crippen LogP contribution is 2.26. The van der Waals surface area contributed by atoms with Crippen molar-refractivity contribution < 1.29 is 14.3 Å². The lowest BCUT2D eigenvalue weighted by atomic mass is 10.1. The van der Waals surface area contributed by atoms with Gasteiger partial charge in [-0.1, -0.05) is 36.0 Å². The maximum atomic E-state index is 12.7. The molecule has 0 spiro atoms. The van der Waals surface area contributed by atoms with Gasteiger partial charge in [0.1, 0.15) is 6.54 Å². The third kappa shape index (κ3) is 4.11. The second-order valence-electron chi connectivity index (χ2n) is 5.11. The summed E-state index contributed by atoms with van der Waals surface area (Å²) in [4.78, 5) is 25.8. The van der Waals surface area contributed by atoms with Gasteiger partial charge in [0.2, 0.25) is 0 Å². The average Bonchev–Trinajstić information content (AvgIpc) is 2.96. The van der Waals surface area contributed by atoms with Crippen LogP contribution in [0, 0.1) is 0 Å². The average molecular weight is 330 g/mol. The third-order valence-electron chi connectivity index (χ3n) is 3.66. The molecule has 114 valence electrons. The molecule has 2 rings (SSSR count). The van der Waals surface area contributed by atoms with Crippen molar-refractivity contribution in [1.82, 2.24) is 4.90 Å². The number of methoxy groups -OCH3 is 1. The monoisotopic (exact) mass is 329 g/mol. The molecule has 0 atom stereocenters. The van der Waals surface area contributed by atoms with E-state index in [-0.39, 0.29) is 18.5 Å². The molecule has 1 aliphatic carbocycles. The normalized spacial score (nSPS) is 15.0. The smallest absolute Gasteiger partial charge is 0.325 e. The number of hydrogen-bond acceptors (Lipinski definition) is 3. The SMILES string of the molecule is COC(=O)CN(C(=O)c1cc(Cl)cc(Cl)c1)C1CCCC1. The van der Waals surface area contributed by atoms with Crippen LogP contribution >= 0.6 is 23.2 Å². The van der Waals surface area contributed by atoms with Crippen LogP contribution in [0.5, 0.6) is 0 Å². The number of hydrogen-bond donors (Lipinski definition) is 0. The molecule has 0 unspecified atom stereocenters. The van der Waals surface area contributed by atoms with Gasteiger partial charge in [-0.15, -0.1) is 0 Å². The van der Waals surface area contributed by atoms with E-state index in [0.29, 0.717) is 15.6 Å². The summed E-state index contributed by atoms with van der Waals surface area (Å²) in [6.07, 6.45) is 3.92. The molecule has 6 heteroatoms. The standard InChI is InChI=1S/C15H17Cl2NO3/c1-21-14(19)9-18(13-4-2-3-5-13)15(20)10-6-11(16)8-12(17)7-10/h6-8,13H,2-5,9H2,1H3. The van der Waals surface area contributed by atoms with Gasteiger partial charge in [0.05, 0.1) is 7.11 Å². The predicted octanol–water partition coefficient (Wildman–Crippen LogP) is 3.55. The van der Waals surface area contributed by atoms with E-state index in [9.17, 15) is 9.59 Å². The highest BCUT2D eigenvalue weighted by atomic mass is 35.5. The molecule has 0 heterocycles. The molecule has 21 heavy (non-hydrogen) atoms. The zero-order valence-corrected chi connectivity index (χ0v) is 13.3. The Hall–Kier alpha value is -1.26. The Bertz CT molecular complexity index is 521. The molecular weight excluding hydrogens is 313 g/mol. The van der Waals surface area contributed by atoms with Crippen molar-refractivity contribution in [3.05, 3.63) is 33.8 Å². The molecule has 1 saturated carbocycles. The lowest BCUT2D eigenvalue weighted by molar-refractivity contribution is -0.141. The summed E-state index contributed by atoms with van der Waals surface area (Å²) < 4.78 is 4.69. The number of halogens is 2. The van der Waals surface area contributed by atoms with Crippen molar-refractivity contribution in [2.45, 2.75) is 31.7 Å². The van der Waals surface area contributed by atoms with E-state index in [1.165, 1.54) is 7.11 Å². The van der Waals surface area contributed by atoms with Gasteiger partial charge in [-0.3, -0.25) is 9.59 Å². The highest BCUT2D eigenvalue weighted by Gasteiger charge is 2.29. The van der Waals surface area contributed by atoms with Crippen molar-refractivity contribution in [2.75, 3.05) is 13.7 Å². The van der Waals surface area contributed by atoms with E-state index in [0.717, 1.165) is 25.7 Å². The molecule has 0 saturated heterocycles. The maximum Gasteiger partial charge on any atom is 0.325 e. The highest BCUT2D eigenvalue weighted by molar-refractivity contribution is 6.35. The maximum absolute atomic E-state index is 12.7. The Morgan fingerprint density at radius 2 is 1.76 bits per heavy atom. The predicted molar refractivity (Wildman–Crippen MR) is 81.8 cm³/mol. The zero-order valence-electron chi connectivity index (χ0n) is 11.8. The van der Waals surface area contributed by atoms with Crippen LogP contribution < -0.4 is 0 Å². The van der Waals surface area contributed by atoms with Crippen LogP contribution in [0.2, 0.25) is 10.0 Å². The summed E-state index contributed by atoms with van der Waals surface area (Å²) in [5, 5.41) is 0.797. The number of carbonyl (C=O) groups is 2. The van der Waals surface area contributed by atoms with Gasteiger partial charge < -0.3 is 9.64 Å². The quantitative estimate of drug-likeness (QED) is 0.793. The van der Waals surface area contributed by atoms with Crippen molar-refractivity contribution in [1.29, 1.82) is 0 Å². The van der Waals surface area contributed by atoms with Crippen LogP contribution in [0.1, 0.15) is 36.0 Å². The molecule has 0 N–H and O–H groups in total. The summed E-state index contributed by atoms with van der Waals surface area (Å²) in [6, 6.07) is 4.76. The van der Waals surface area contributed by atoms with Crippen LogP contribution in [-0.2, 0) is 9.53 Å². The Morgan fingerprint density at radius 3 is 2.29 bits per heavy atom. The van der Waals surface area contributed by atoms with Gasteiger partial charge in [0.25, 0.3) is 5.91 Å². The van der Waals surface area contributed by atoms with Gasteiger partial charge >= 0.3 is 5.97 Å². The van der Waals surface area contributed by atoms with Gasteiger partial charge in [0, 0.05) is 21.7 Å². The molecule has 1 aromatic rings. The fraction of sp³-hybridized carbons (Fsp3) is 0.467. The Balaban J connectivity index is 2.25. The number of ether oxygens (including phenoxy) is 1. The zero-order chi connectivity index (χ0) is 15.4. The van der Waals surface area contributed by atoms with Gasteiger partial charge in [-0.25, -0.2) is 0 Å². The summed E-state index contributed by atoms with van der Waals surface area (Å²) in [5.74, 6) is -0.667. The summed E-state index contributed by atoms with van der Waals surface area (Å²) in [7, 11) is 1.32. The van der Waals surface area contributed by atoms with E-state index in [1.54, 1.807) is 23.1 Å². The summed E-state index contributed by atoms with van der Waals surface area (Å²) in [6.45, 7) is -0.0515. The van der Waals surface area contributed by atoms with Crippen LogP contribution in [-0.4, -0.2) is 36.5 Å². The van der Waals surface area contributed by atoms with Crippen molar-refractivity contribution in [3.63, 3.8) is 0 Å². The fourth-order valence-corrected chi connectivity index (χ4v) is 3.16. The van der Waals surface area contributed by atoms with E-state index in [2.05, 4.69) is 4.74 Å². The van der Waals surface area contributed by atoms with Crippen molar-refractivity contribution in [3.8, 4) is 0 Å². The molecule has 1 aliphatic rings. The number of rotatable bonds is 4. The first kappa shape index (κ1) is 16.1. The van der Waals surface area contributed by atoms with Crippen molar-refractivity contribution >= 4 is 35.1 Å². The van der Waals surface area contributed by atoms with Gasteiger partial charge in [-0.05, 0) is 31.0 Å². The van der Waals surface area contributed by atoms with Crippen LogP contribution in [0.25, 0.3) is 0 Å². The van der Waals surface area contributed by atoms with Crippen LogP contribution in [0.4, 0.5) is 0 Å². The summed E-state index contributed by atoms with van der Waals surface area (Å²) in [5.41, 5.74) is 0.392. The number of carbonyl (C=O) groups excluding carboxylic acids is 2. The molecule has 1 aromatic carbocycles. The third-order valence-corrected chi connectivity index (χ3v) is 4.10. The Labute approximate surface area is 134 Å². The molecule has 1 amide bonds. The lowest BCUT2D eigenvalue weighted by Gasteiger charge is -2.28. The topological polar surface area (TPSA) is 46.6 Å². The van der Waals surface area contributed by atoms with E-state index in [4.69, 9.17) is 23.2 Å². The largest absolute Gasteiger partial charge is 0.468 e. The second kappa shape index (κ2) is 7.14. The Morgan fingerprint density at radius 1 is 1.19 bits per heavy atom. The molecule has 0 radical (unpaired) electrons. The van der Waals surface area contributed by atoms with E-state index < -0.39 is 5.97 Å². The van der Waals surface area contributed by atoms with Crippen LogP contribution in [0.15, 0.2) is 18.2 Å². The molecular formula is C15H17Cl2NO3. The van der Waals surface area contributed by atoms with Gasteiger partial charge in [-0.2, -0.15) is 0 Å². The number of nitrogens with zero attached hydrogens (tertiary/aromatic N) is 1. The second-order valence-corrected chi connectivity index (χ2v) is 5.98. The molecule has 0 bridgehead atoms. The minimum absolute atomic E-state index is 0.0515. The number of amides is 1. The van der Waals surface area contributed by atoms with Crippen molar-refractivity contribution in [2.24, 2.45) is 0 Å². The molecule has 4 nitrogen and oxygen atoms in total. The van der Waals surface area contributed by atoms with E-state index >= 15 is 0 Å². The first-order chi connectivity index (χ1) is 10.0. The van der Waals surface area contributed by atoms with Crippen LogP contribution in [0.3, 0.4) is 0 Å². The fourth-order valence-electron chi connectivity index (χ4n) is 2.63. The van der Waals surface area contributed by atoms with E-state index in [1.807, 2.05) is 0 Å². The minimum atomic E-state index is -0.427. The molecule has 1 fully saturated rings.